The third kappa shape index (κ3) is 35.9. The molecule has 0 saturated carbocycles. The first-order valence-electron chi connectivity index (χ1n) is 42.4. The average molecular weight is 1990 g/mol. The fourth-order valence-electron chi connectivity index (χ4n) is 11.4. The van der Waals surface area contributed by atoms with Gasteiger partial charge in [-0.15, -0.1) is 34.0 Å². The number of fused-ring (bicyclic) bond motifs is 3. The van der Waals surface area contributed by atoms with Crippen molar-refractivity contribution >= 4 is 144 Å². The van der Waals surface area contributed by atoms with Crippen molar-refractivity contribution in [3.8, 4) is 43.4 Å². The topological polar surface area (TPSA) is 207 Å². The Labute approximate surface area is 799 Å². The zero-order chi connectivity index (χ0) is 93.6. The van der Waals surface area contributed by atoms with Crippen molar-refractivity contribution in [1.29, 1.82) is 0 Å². The van der Waals surface area contributed by atoms with Crippen LogP contribution in [0.15, 0.2) is 168 Å². The standard InChI is InChI=1S/C19H27NOS.C18H25NOS.C15H18BrNO2.C14H16BrNO2.C12H14ClNO2.C12H14ClNOS.C10H11ClN2OS/c1-12(2)21-14(4)18-20-13(3)17(22-18)15-8-10-16(11-9-15)19(5,6)7;1-12(2)20-11-16-19-13(3)17(21-16)14-7-9-15(10-8-14)18(4,5)6;1-10-5-7-11(8-6-10)13-14(16)19-12(17-13)9-18-15(2,3)4;1-9(2)17-8-12-16-13(14(15)18-12)11-6-4-10(3)5-7-11;2*1-12(2,3)15-7-11-14-9-6-8(13)4-5-10(9)16-11;1-6(2)14-5-9-13-8-3-7(11)4-12-10(8)15-9/h8-12,14H,1-7H3;7-10,12H,11H2,1-6H3;5-8H,9H2,1-4H3;4-7,9H,8H2,1-3H3;2*4-6H,7H2,1-3H3;3-4,6H,5H2,1-2H3. The molecule has 0 aliphatic heterocycles. The van der Waals surface area contributed by atoms with Crippen molar-refractivity contribution in [3.05, 3.63) is 241 Å². The van der Waals surface area contributed by atoms with Crippen molar-refractivity contribution in [1.82, 2.24) is 39.9 Å². The van der Waals surface area contributed by atoms with Crippen molar-refractivity contribution < 1.29 is 46.4 Å². The molecule has 0 spiro atoms. The van der Waals surface area contributed by atoms with Crippen LogP contribution in [0, 0.1) is 27.7 Å². The van der Waals surface area contributed by atoms with Crippen molar-refractivity contribution in [2.24, 2.45) is 0 Å². The second-order valence-corrected chi connectivity index (χ2v) is 43.5. The molecule has 684 valence electrons. The van der Waals surface area contributed by atoms with Crippen LogP contribution in [0.4, 0.5) is 0 Å². The summed E-state index contributed by atoms with van der Waals surface area (Å²) >= 11 is 31.1. The molecule has 0 fully saturated rings. The van der Waals surface area contributed by atoms with E-state index in [2.05, 4.69) is 230 Å². The summed E-state index contributed by atoms with van der Waals surface area (Å²) in [6.45, 7) is 60.9. The van der Waals surface area contributed by atoms with E-state index in [9.17, 15) is 0 Å². The quantitative estimate of drug-likeness (QED) is 0.0618. The smallest absolute Gasteiger partial charge is 0.222 e. The molecule has 0 aliphatic carbocycles. The minimum atomic E-state index is -0.203. The van der Waals surface area contributed by atoms with Crippen LogP contribution in [0.25, 0.3) is 75.1 Å². The molecule has 0 saturated heterocycles. The van der Waals surface area contributed by atoms with Crippen LogP contribution in [0.2, 0.25) is 15.1 Å². The third-order valence-electron chi connectivity index (χ3n) is 18.0. The lowest BCUT2D eigenvalue weighted by Gasteiger charge is -2.19. The summed E-state index contributed by atoms with van der Waals surface area (Å²) in [7, 11) is 0. The number of aromatic nitrogens is 8. The molecule has 14 rings (SSSR count). The SMILES string of the molecule is CC(C)(C)OCc1nc2cc(Cl)ccc2o1.CC(C)(C)OCc1nc2cc(Cl)ccc2s1.CC(C)OCc1nc2cc(Cl)cnc2s1.Cc1ccc(-c2nc(COC(C)(C)C)oc2Br)cc1.Cc1ccc(-c2nc(COC(C)C)oc2Br)cc1.Cc1nc(C(C)OC(C)C)sc1-c1ccc(C(C)(C)C)cc1.Cc1nc(COC(C)C)sc1-c1ccc(C(C)(C)C)cc1. The van der Waals surface area contributed by atoms with Gasteiger partial charge in [-0.1, -0.05) is 196 Å². The Morgan fingerprint density at radius 1 is 0.370 bits per heavy atom. The van der Waals surface area contributed by atoms with E-state index >= 15 is 0 Å². The second-order valence-electron chi connectivity index (χ2n) is 36.5. The highest BCUT2D eigenvalue weighted by Gasteiger charge is 2.23. The maximum Gasteiger partial charge on any atom is 0.222 e. The van der Waals surface area contributed by atoms with Gasteiger partial charge in [0.05, 0.1) is 97.4 Å². The highest BCUT2D eigenvalue weighted by atomic mass is 79.9. The van der Waals surface area contributed by atoms with Crippen molar-refractivity contribution in [3.63, 3.8) is 0 Å². The van der Waals surface area contributed by atoms with Gasteiger partial charge in [0.25, 0.3) is 0 Å². The number of hydrogen-bond donors (Lipinski definition) is 0. The predicted octanol–water partition coefficient (Wildman–Crippen LogP) is 31.6. The number of pyridine rings is 1. The van der Waals surface area contributed by atoms with Gasteiger partial charge in [0.2, 0.25) is 17.7 Å². The molecular formula is C100H125Br2Cl3N8O10S4. The van der Waals surface area contributed by atoms with Crippen molar-refractivity contribution in [2.75, 3.05) is 0 Å². The lowest BCUT2D eigenvalue weighted by Crippen LogP contribution is -2.18. The molecule has 8 aromatic heterocycles. The summed E-state index contributed by atoms with van der Waals surface area (Å²) in [6.07, 6.45) is 2.52. The van der Waals surface area contributed by atoms with Gasteiger partial charge in [0.15, 0.2) is 14.9 Å². The molecule has 1 unspecified atom stereocenters. The molecular weight excluding hydrogens is 1870 g/mol. The molecule has 127 heavy (non-hydrogen) atoms. The molecule has 0 amide bonds. The van der Waals surface area contributed by atoms with E-state index in [0.29, 0.717) is 76.7 Å². The predicted molar refractivity (Wildman–Crippen MR) is 535 cm³/mol. The largest absolute Gasteiger partial charge is 0.438 e. The highest BCUT2D eigenvalue weighted by molar-refractivity contribution is 9.10. The Balaban J connectivity index is 0.000000184. The molecule has 18 nitrogen and oxygen atoms in total. The molecule has 6 aromatic carbocycles. The van der Waals surface area contributed by atoms with Gasteiger partial charge in [0.1, 0.15) is 73.2 Å². The first-order chi connectivity index (χ1) is 59.4. The van der Waals surface area contributed by atoms with Gasteiger partial charge < -0.3 is 46.4 Å². The highest BCUT2D eigenvalue weighted by Crippen LogP contribution is 2.39. The molecule has 1 atom stereocenters. The van der Waals surface area contributed by atoms with Crippen LogP contribution in [-0.4, -0.2) is 81.1 Å². The third-order valence-corrected chi connectivity index (χ3v) is 24.2. The zero-order valence-corrected chi connectivity index (χ0v) is 87.4. The fraction of sp³-hybridized carbons (Fsp3) is 0.440. The first kappa shape index (κ1) is 105. The lowest BCUT2D eigenvalue weighted by atomic mass is 9.86. The van der Waals surface area contributed by atoms with E-state index in [1.54, 1.807) is 63.7 Å². The summed E-state index contributed by atoms with van der Waals surface area (Å²) < 4.78 is 58.5. The van der Waals surface area contributed by atoms with E-state index in [1.807, 2.05) is 158 Å². The Morgan fingerprint density at radius 3 is 1.24 bits per heavy atom. The van der Waals surface area contributed by atoms with E-state index in [1.165, 1.54) is 43.1 Å². The average Bonchev–Trinajstić information content (AvgIpc) is 1.70. The molecule has 8 heterocycles. The number of ether oxygens (including phenoxy) is 7. The second kappa shape index (κ2) is 47.9. The van der Waals surface area contributed by atoms with Gasteiger partial charge in [-0.05, 0) is 260 Å². The normalized spacial score (nSPS) is 12.2. The summed E-state index contributed by atoms with van der Waals surface area (Å²) in [6, 6.07) is 47.0. The number of aryl methyl sites for hydroxylation is 4. The summed E-state index contributed by atoms with van der Waals surface area (Å²) in [5, 5.41) is 6.03. The van der Waals surface area contributed by atoms with Crippen LogP contribution >= 0.6 is 112 Å². The van der Waals surface area contributed by atoms with Gasteiger partial charge in [-0.25, -0.2) is 39.9 Å². The molecule has 27 heteroatoms. The summed E-state index contributed by atoms with van der Waals surface area (Å²) in [5.74, 6) is 1.75. The number of rotatable bonds is 22. The number of halogens is 5. The van der Waals surface area contributed by atoms with Crippen LogP contribution in [0.5, 0.6) is 0 Å². The van der Waals surface area contributed by atoms with Gasteiger partial charge >= 0.3 is 0 Å². The molecule has 14 aromatic rings. The Bertz CT molecular complexity index is 5630. The van der Waals surface area contributed by atoms with E-state index in [-0.39, 0.29) is 58.2 Å². The van der Waals surface area contributed by atoms with E-state index in [0.717, 1.165) is 90.6 Å². The summed E-state index contributed by atoms with van der Waals surface area (Å²) in [4.78, 5) is 39.0. The lowest BCUT2D eigenvalue weighted by molar-refractivity contribution is -0.0246. The Kier molecular flexibility index (Phi) is 39.7. The van der Waals surface area contributed by atoms with Gasteiger partial charge in [-0.2, -0.15) is 0 Å². The molecule has 0 radical (unpaired) electrons. The molecule has 0 aliphatic rings. The molecule has 0 bridgehead atoms. The summed E-state index contributed by atoms with van der Waals surface area (Å²) in [5.41, 5.74) is 16.7. The number of hydrogen-bond acceptors (Lipinski definition) is 22. The fourth-order valence-corrected chi connectivity index (χ4v) is 16.6. The number of benzene rings is 6. The maximum atomic E-state index is 5.91. The van der Waals surface area contributed by atoms with Crippen LogP contribution in [0.1, 0.15) is 244 Å². The van der Waals surface area contributed by atoms with Gasteiger partial charge in [-0.3, -0.25) is 0 Å². The van der Waals surface area contributed by atoms with Crippen LogP contribution in [-0.2, 0) is 83.6 Å². The number of nitrogens with zero attached hydrogens (tertiary/aromatic N) is 8. The number of oxazole rings is 3. The first-order valence-corrected chi connectivity index (χ1v) is 48.4. The van der Waals surface area contributed by atoms with E-state index < -0.39 is 0 Å². The van der Waals surface area contributed by atoms with E-state index in [4.69, 9.17) is 86.2 Å². The minimum Gasteiger partial charge on any atom is -0.438 e. The van der Waals surface area contributed by atoms with Crippen LogP contribution < -0.4 is 0 Å². The number of thiazole rings is 4. The monoisotopic (exact) mass is 1990 g/mol. The zero-order valence-electron chi connectivity index (χ0n) is 78.7. The Hall–Kier alpha value is -7.05. The maximum absolute atomic E-state index is 5.91. The Morgan fingerprint density at radius 2 is 0.772 bits per heavy atom. The van der Waals surface area contributed by atoms with Crippen LogP contribution in [0.3, 0.4) is 0 Å². The van der Waals surface area contributed by atoms with Crippen molar-refractivity contribution in [2.45, 2.75) is 292 Å². The minimum absolute atomic E-state index is 0.0475. The molecule has 0 N–H and O–H groups in total. The van der Waals surface area contributed by atoms with Gasteiger partial charge in [0, 0.05) is 27.4 Å².